The van der Waals surface area contributed by atoms with Crippen molar-refractivity contribution in [3.05, 3.63) is 28.5 Å². The second-order valence-electron chi connectivity index (χ2n) is 3.64. The molecular weight excluding hydrogens is 249 g/mol. The third kappa shape index (κ3) is 2.96. The fourth-order valence-electron chi connectivity index (χ4n) is 0.897. The standard InChI is InChI=1S/C10H13BrFNO/c1-10(2,6-13)14-9-4-3-7(11)5-8(9)12/h3-5H,6,13H2,1-2H3. The molecule has 0 spiro atoms. The molecule has 0 radical (unpaired) electrons. The predicted molar refractivity (Wildman–Crippen MR) is 57.9 cm³/mol. The van der Waals surface area contributed by atoms with E-state index >= 15 is 0 Å². The zero-order valence-electron chi connectivity index (χ0n) is 8.18. The van der Waals surface area contributed by atoms with Crippen molar-refractivity contribution in [2.24, 2.45) is 5.73 Å². The van der Waals surface area contributed by atoms with Crippen LogP contribution in [0, 0.1) is 5.82 Å². The molecule has 2 nitrogen and oxygen atoms in total. The predicted octanol–water partition coefficient (Wildman–Crippen LogP) is 2.70. The van der Waals surface area contributed by atoms with Gasteiger partial charge in [-0.1, -0.05) is 15.9 Å². The zero-order chi connectivity index (χ0) is 10.8. The molecule has 78 valence electrons. The molecule has 2 N–H and O–H groups in total. The lowest BCUT2D eigenvalue weighted by Crippen LogP contribution is -2.37. The van der Waals surface area contributed by atoms with Crippen LogP contribution in [0.25, 0.3) is 0 Å². The maximum Gasteiger partial charge on any atom is 0.166 e. The summed E-state index contributed by atoms with van der Waals surface area (Å²) in [4.78, 5) is 0. The van der Waals surface area contributed by atoms with Crippen molar-refractivity contribution in [3.63, 3.8) is 0 Å². The monoisotopic (exact) mass is 261 g/mol. The van der Waals surface area contributed by atoms with Gasteiger partial charge in [0.25, 0.3) is 0 Å². The fourth-order valence-corrected chi connectivity index (χ4v) is 1.23. The van der Waals surface area contributed by atoms with Crippen LogP contribution in [0.15, 0.2) is 22.7 Å². The van der Waals surface area contributed by atoms with Crippen molar-refractivity contribution in [1.82, 2.24) is 0 Å². The molecule has 0 amide bonds. The molecule has 0 aromatic heterocycles. The first-order valence-corrected chi connectivity index (χ1v) is 5.08. The molecular formula is C10H13BrFNO. The molecule has 4 heteroatoms. The Morgan fingerprint density at radius 3 is 2.64 bits per heavy atom. The molecule has 0 atom stereocenters. The molecule has 14 heavy (non-hydrogen) atoms. The van der Waals surface area contributed by atoms with E-state index in [4.69, 9.17) is 10.5 Å². The van der Waals surface area contributed by atoms with Crippen LogP contribution in [-0.2, 0) is 0 Å². The highest BCUT2D eigenvalue weighted by Crippen LogP contribution is 2.24. The fraction of sp³-hybridized carbons (Fsp3) is 0.400. The first kappa shape index (κ1) is 11.5. The van der Waals surface area contributed by atoms with Gasteiger partial charge in [-0.3, -0.25) is 0 Å². The molecule has 0 unspecified atom stereocenters. The van der Waals surface area contributed by atoms with E-state index in [1.807, 2.05) is 13.8 Å². The van der Waals surface area contributed by atoms with Crippen LogP contribution in [0.3, 0.4) is 0 Å². The molecule has 0 aliphatic rings. The second-order valence-corrected chi connectivity index (χ2v) is 4.56. The summed E-state index contributed by atoms with van der Waals surface area (Å²) < 4.78 is 19.4. The van der Waals surface area contributed by atoms with E-state index in [0.717, 1.165) is 0 Å². The van der Waals surface area contributed by atoms with Gasteiger partial charge in [0.05, 0.1) is 0 Å². The summed E-state index contributed by atoms with van der Waals surface area (Å²) >= 11 is 3.17. The van der Waals surface area contributed by atoms with Crippen LogP contribution < -0.4 is 10.5 Å². The van der Waals surface area contributed by atoms with Crippen molar-refractivity contribution in [1.29, 1.82) is 0 Å². The van der Waals surface area contributed by atoms with Gasteiger partial charge in [0.15, 0.2) is 11.6 Å². The summed E-state index contributed by atoms with van der Waals surface area (Å²) in [6.45, 7) is 3.96. The Bertz CT molecular complexity index is 328. The molecule has 0 aliphatic carbocycles. The smallest absolute Gasteiger partial charge is 0.166 e. The molecule has 0 heterocycles. The maximum atomic E-state index is 13.3. The quantitative estimate of drug-likeness (QED) is 0.908. The van der Waals surface area contributed by atoms with Crippen LogP contribution in [-0.4, -0.2) is 12.1 Å². The minimum atomic E-state index is -0.547. The average molecular weight is 262 g/mol. The Labute approximate surface area is 91.4 Å². The van der Waals surface area contributed by atoms with E-state index in [9.17, 15) is 4.39 Å². The van der Waals surface area contributed by atoms with Crippen molar-refractivity contribution in [2.45, 2.75) is 19.4 Å². The lowest BCUT2D eigenvalue weighted by molar-refractivity contribution is 0.112. The Kier molecular flexibility index (Phi) is 3.50. The van der Waals surface area contributed by atoms with Gasteiger partial charge >= 0.3 is 0 Å². The van der Waals surface area contributed by atoms with Crippen LogP contribution in [0.2, 0.25) is 0 Å². The Morgan fingerprint density at radius 1 is 1.50 bits per heavy atom. The van der Waals surface area contributed by atoms with Gasteiger partial charge in [-0.05, 0) is 32.0 Å². The van der Waals surface area contributed by atoms with Crippen LogP contribution in [0.1, 0.15) is 13.8 Å². The first-order chi connectivity index (χ1) is 6.44. The number of nitrogens with two attached hydrogens (primary N) is 1. The number of halogens is 2. The number of hydrogen-bond acceptors (Lipinski definition) is 2. The summed E-state index contributed by atoms with van der Waals surface area (Å²) in [7, 11) is 0. The summed E-state index contributed by atoms with van der Waals surface area (Å²) in [6, 6.07) is 4.67. The second kappa shape index (κ2) is 4.28. The number of benzene rings is 1. The molecule has 0 bridgehead atoms. The molecule has 1 rings (SSSR count). The highest BCUT2D eigenvalue weighted by molar-refractivity contribution is 9.10. The molecule has 1 aromatic rings. The number of hydrogen-bond donors (Lipinski definition) is 1. The van der Waals surface area contributed by atoms with Crippen LogP contribution in [0.4, 0.5) is 4.39 Å². The van der Waals surface area contributed by atoms with E-state index in [0.29, 0.717) is 11.0 Å². The third-order valence-electron chi connectivity index (χ3n) is 1.77. The van der Waals surface area contributed by atoms with Crippen molar-refractivity contribution < 1.29 is 9.13 Å². The van der Waals surface area contributed by atoms with E-state index < -0.39 is 5.60 Å². The van der Waals surface area contributed by atoms with E-state index in [1.165, 1.54) is 6.07 Å². The van der Waals surface area contributed by atoms with Gasteiger partial charge in [0, 0.05) is 11.0 Å². The van der Waals surface area contributed by atoms with Gasteiger partial charge < -0.3 is 10.5 Å². The molecule has 0 aliphatic heterocycles. The van der Waals surface area contributed by atoms with Crippen LogP contribution in [0.5, 0.6) is 5.75 Å². The summed E-state index contributed by atoms with van der Waals surface area (Å²) in [5, 5.41) is 0. The van der Waals surface area contributed by atoms with E-state index in [-0.39, 0.29) is 11.6 Å². The van der Waals surface area contributed by atoms with Gasteiger partial charge in [-0.25, -0.2) is 4.39 Å². The largest absolute Gasteiger partial charge is 0.483 e. The average Bonchev–Trinajstić information content (AvgIpc) is 2.10. The minimum Gasteiger partial charge on any atom is -0.483 e. The van der Waals surface area contributed by atoms with Crippen molar-refractivity contribution >= 4 is 15.9 Å². The van der Waals surface area contributed by atoms with E-state index in [1.54, 1.807) is 12.1 Å². The highest BCUT2D eigenvalue weighted by atomic mass is 79.9. The van der Waals surface area contributed by atoms with Crippen molar-refractivity contribution in [3.8, 4) is 5.75 Å². The third-order valence-corrected chi connectivity index (χ3v) is 2.27. The Hall–Kier alpha value is -0.610. The number of rotatable bonds is 3. The highest BCUT2D eigenvalue weighted by Gasteiger charge is 2.19. The zero-order valence-corrected chi connectivity index (χ0v) is 9.77. The molecule has 0 fully saturated rings. The normalized spacial score (nSPS) is 11.5. The topological polar surface area (TPSA) is 35.2 Å². The van der Waals surface area contributed by atoms with Crippen molar-refractivity contribution in [2.75, 3.05) is 6.54 Å². The Balaban J connectivity index is 2.87. The summed E-state index contributed by atoms with van der Waals surface area (Å²) in [6.07, 6.45) is 0. The lowest BCUT2D eigenvalue weighted by atomic mass is 10.1. The van der Waals surface area contributed by atoms with E-state index in [2.05, 4.69) is 15.9 Å². The Morgan fingerprint density at radius 2 is 2.14 bits per heavy atom. The lowest BCUT2D eigenvalue weighted by Gasteiger charge is -2.24. The van der Waals surface area contributed by atoms with Gasteiger partial charge in [-0.15, -0.1) is 0 Å². The van der Waals surface area contributed by atoms with Gasteiger partial charge in [0.2, 0.25) is 0 Å². The number of ether oxygens (including phenoxy) is 1. The molecule has 1 aromatic carbocycles. The van der Waals surface area contributed by atoms with Gasteiger partial charge in [0.1, 0.15) is 5.60 Å². The minimum absolute atomic E-state index is 0.226. The summed E-state index contributed by atoms with van der Waals surface area (Å²) in [5.41, 5.74) is 4.93. The maximum absolute atomic E-state index is 13.3. The summed E-state index contributed by atoms with van der Waals surface area (Å²) in [5.74, 6) is -0.162. The molecule has 0 saturated heterocycles. The first-order valence-electron chi connectivity index (χ1n) is 4.29. The SMILES string of the molecule is CC(C)(CN)Oc1ccc(Br)cc1F. The van der Waals surface area contributed by atoms with Crippen LogP contribution >= 0.6 is 15.9 Å². The molecule has 0 saturated carbocycles. The van der Waals surface area contributed by atoms with Gasteiger partial charge in [-0.2, -0.15) is 0 Å².